The molecule has 0 bridgehead atoms. The number of hydrogen-bond donors (Lipinski definition) is 1. The molecule has 148 valence electrons. The Morgan fingerprint density at radius 1 is 1.24 bits per heavy atom. The van der Waals surface area contributed by atoms with Crippen LogP contribution >= 0.6 is 11.6 Å². The van der Waals surface area contributed by atoms with Crippen LogP contribution in [0.25, 0.3) is 6.08 Å². The molecular weight excluding hydrogens is 396 g/mol. The van der Waals surface area contributed by atoms with Crippen LogP contribution in [0.2, 0.25) is 5.02 Å². The Labute approximate surface area is 172 Å². The first-order valence-electron chi connectivity index (χ1n) is 8.78. The fourth-order valence-electron chi connectivity index (χ4n) is 2.90. The number of hydrogen-bond acceptors (Lipinski definition) is 6. The predicted octanol–water partition coefficient (Wildman–Crippen LogP) is 3.63. The molecule has 1 aliphatic heterocycles. The molecule has 1 fully saturated rings. The van der Waals surface area contributed by atoms with Gasteiger partial charge in [0.15, 0.2) is 0 Å². The average molecular weight is 413 g/mol. The van der Waals surface area contributed by atoms with Crippen molar-refractivity contribution in [1.82, 2.24) is 0 Å². The van der Waals surface area contributed by atoms with Crippen molar-refractivity contribution in [3.8, 4) is 6.07 Å². The van der Waals surface area contributed by atoms with Gasteiger partial charge in [0, 0.05) is 47.2 Å². The molecule has 1 amide bonds. The Morgan fingerprint density at radius 2 is 1.93 bits per heavy atom. The largest absolute Gasteiger partial charge is 0.378 e. The van der Waals surface area contributed by atoms with Gasteiger partial charge in [0.05, 0.1) is 18.1 Å². The minimum Gasteiger partial charge on any atom is -0.378 e. The number of nitrogens with one attached hydrogen (secondary N) is 1. The molecule has 3 rings (SSSR count). The van der Waals surface area contributed by atoms with Crippen LogP contribution in [0.15, 0.2) is 48.0 Å². The first-order chi connectivity index (χ1) is 14.0. The zero-order valence-electron chi connectivity index (χ0n) is 15.3. The van der Waals surface area contributed by atoms with E-state index in [0.717, 1.165) is 0 Å². The lowest BCUT2D eigenvalue weighted by Gasteiger charge is -2.30. The molecule has 2 aromatic rings. The van der Waals surface area contributed by atoms with Crippen molar-refractivity contribution in [3.63, 3.8) is 0 Å². The van der Waals surface area contributed by atoms with Gasteiger partial charge in [-0.25, -0.2) is 0 Å². The third-order valence-corrected chi connectivity index (χ3v) is 4.59. The molecule has 1 aliphatic rings. The van der Waals surface area contributed by atoms with Crippen molar-refractivity contribution in [2.75, 3.05) is 36.5 Å². The van der Waals surface area contributed by atoms with Crippen molar-refractivity contribution in [1.29, 1.82) is 5.26 Å². The van der Waals surface area contributed by atoms with E-state index in [1.165, 1.54) is 18.2 Å². The fourth-order valence-corrected chi connectivity index (χ4v) is 3.03. The number of amides is 1. The number of nitro groups is 1. The van der Waals surface area contributed by atoms with E-state index in [0.29, 0.717) is 48.3 Å². The van der Waals surface area contributed by atoms with E-state index >= 15 is 0 Å². The van der Waals surface area contributed by atoms with E-state index in [2.05, 4.69) is 5.32 Å². The maximum atomic E-state index is 12.5. The number of benzene rings is 2. The highest BCUT2D eigenvalue weighted by Crippen LogP contribution is 2.28. The van der Waals surface area contributed by atoms with E-state index in [1.54, 1.807) is 30.3 Å². The first kappa shape index (κ1) is 20.3. The first-order valence-corrected chi connectivity index (χ1v) is 9.15. The van der Waals surface area contributed by atoms with Gasteiger partial charge in [-0.15, -0.1) is 0 Å². The van der Waals surface area contributed by atoms with Gasteiger partial charge in [-0.3, -0.25) is 14.9 Å². The van der Waals surface area contributed by atoms with Crippen LogP contribution < -0.4 is 10.2 Å². The number of carbonyl (C=O) groups excluding carboxylic acids is 1. The monoisotopic (exact) mass is 412 g/mol. The number of carbonyl (C=O) groups is 1. The van der Waals surface area contributed by atoms with Crippen LogP contribution in [0.4, 0.5) is 17.1 Å². The summed E-state index contributed by atoms with van der Waals surface area (Å²) >= 11 is 5.83. The lowest BCUT2D eigenvalue weighted by molar-refractivity contribution is -0.384. The smallest absolute Gasteiger partial charge is 0.270 e. The molecule has 0 unspecified atom stereocenters. The van der Waals surface area contributed by atoms with Crippen molar-refractivity contribution in [2.45, 2.75) is 0 Å². The minimum absolute atomic E-state index is 0.122. The van der Waals surface area contributed by atoms with Gasteiger partial charge in [0.25, 0.3) is 11.6 Å². The van der Waals surface area contributed by atoms with Crippen LogP contribution in [-0.4, -0.2) is 37.1 Å². The van der Waals surface area contributed by atoms with Crippen molar-refractivity contribution < 1.29 is 14.5 Å². The Morgan fingerprint density at radius 3 is 2.55 bits per heavy atom. The topological polar surface area (TPSA) is 108 Å². The molecule has 1 N–H and O–H groups in total. The van der Waals surface area contributed by atoms with Gasteiger partial charge < -0.3 is 15.0 Å². The quantitative estimate of drug-likeness (QED) is 0.347. The number of ether oxygens (including phenoxy) is 1. The number of nitriles is 1. The van der Waals surface area contributed by atoms with Crippen LogP contribution in [-0.2, 0) is 9.53 Å². The molecule has 1 saturated heterocycles. The molecule has 0 saturated carbocycles. The number of halogens is 1. The Bertz CT molecular complexity index is 993. The summed E-state index contributed by atoms with van der Waals surface area (Å²) in [7, 11) is 0. The number of morpholine rings is 1. The highest BCUT2D eigenvalue weighted by Gasteiger charge is 2.19. The maximum absolute atomic E-state index is 12.5. The summed E-state index contributed by atoms with van der Waals surface area (Å²) in [6, 6.07) is 12.7. The molecule has 0 atom stereocenters. The molecule has 0 aliphatic carbocycles. The summed E-state index contributed by atoms with van der Waals surface area (Å²) in [6.07, 6.45) is 1.36. The number of anilines is 2. The summed E-state index contributed by atoms with van der Waals surface area (Å²) in [4.78, 5) is 25.2. The van der Waals surface area contributed by atoms with E-state index < -0.39 is 10.8 Å². The predicted molar refractivity (Wildman–Crippen MR) is 110 cm³/mol. The summed E-state index contributed by atoms with van der Waals surface area (Å²) < 4.78 is 5.35. The zero-order chi connectivity index (χ0) is 20.8. The van der Waals surface area contributed by atoms with E-state index in [-0.39, 0.29) is 11.3 Å². The van der Waals surface area contributed by atoms with E-state index in [4.69, 9.17) is 16.3 Å². The van der Waals surface area contributed by atoms with Crippen molar-refractivity contribution >= 4 is 40.6 Å². The Kier molecular flexibility index (Phi) is 6.44. The van der Waals surface area contributed by atoms with E-state index in [9.17, 15) is 20.2 Å². The van der Waals surface area contributed by atoms with Crippen LogP contribution in [0.1, 0.15) is 5.56 Å². The van der Waals surface area contributed by atoms with Gasteiger partial charge >= 0.3 is 0 Å². The Hall–Kier alpha value is -3.41. The molecular formula is C20H17ClN4O4. The third-order valence-electron chi connectivity index (χ3n) is 4.34. The lowest BCUT2D eigenvalue weighted by Crippen LogP contribution is -2.36. The standard InChI is InChI=1S/C20H17ClN4O4/c21-16-1-3-17(4-2-16)23-20(26)15(13-22)11-14-12-18(25(27)28)5-6-19(14)24-7-9-29-10-8-24/h1-6,11-12H,7-10H2,(H,23,26)/b15-11+. The Balaban J connectivity index is 1.94. The van der Waals surface area contributed by atoms with Gasteiger partial charge in [0.1, 0.15) is 11.6 Å². The molecule has 29 heavy (non-hydrogen) atoms. The molecule has 0 spiro atoms. The van der Waals surface area contributed by atoms with E-state index in [1.807, 2.05) is 11.0 Å². The highest BCUT2D eigenvalue weighted by atomic mass is 35.5. The molecule has 2 aromatic carbocycles. The molecule has 1 heterocycles. The summed E-state index contributed by atoms with van der Waals surface area (Å²) in [5, 5.41) is 23.8. The van der Waals surface area contributed by atoms with Gasteiger partial charge in [-0.2, -0.15) is 5.26 Å². The molecule has 8 nitrogen and oxygen atoms in total. The van der Waals surface area contributed by atoms with Crippen LogP contribution in [0.5, 0.6) is 0 Å². The van der Waals surface area contributed by atoms with Gasteiger partial charge in [-0.1, -0.05) is 11.6 Å². The van der Waals surface area contributed by atoms with Crippen molar-refractivity contribution in [3.05, 3.63) is 68.7 Å². The van der Waals surface area contributed by atoms with Crippen LogP contribution in [0, 0.1) is 21.4 Å². The summed E-state index contributed by atoms with van der Waals surface area (Å²) in [5.74, 6) is -0.616. The zero-order valence-corrected chi connectivity index (χ0v) is 16.1. The molecule has 0 aromatic heterocycles. The fraction of sp³-hybridized carbons (Fsp3) is 0.200. The summed E-state index contributed by atoms with van der Waals surface area (Å²) in [6.45, 7) is 2.28. The minimum atomic E-state index is -0.616. The number of nitro benzene ring substituents is 1. The number of nitrogens with zero attached hydrogens (tertiary/aromatic N) is 3. The number of rotatable bonds is 5. The highest BCUT2D eigenvalue weighted by molar-refractivity contribution is 6.30. The van der Waals surface area contributed by atoms with Gasteiger partial charge in [0.2, 0.25) is 0 Å². The number of non-ortho nitro benzene ring substituents is 1. The van der Waals surface area contributed by atoms with Crippen LogP contribution in [0.3, 0.4) is 0 Å². The lowest BCUT2D eigenvalue weighted by atomic mass is 10.1. The second-order valence-electron chi connectivity index (χ2n) is 6.23. The maximum Gasteiger partial charge on any atom is 0.270 e. The molecule has 0 radical (unpaired) electrons. The third kappa shape index (κ3) is 5.10. The summed E-state index contributed by atoms with van der Waals surface area (Å²) in [5.41, 5.74) is 1.31. The normalized spacial score (nSPS) is 14.2. The van der Waals surface area contributed by atoms with Gasteiger partial charge in [-0.05, 0) is 36.4 Å². The van der Waals surface area contributed by atoms with Crippen molar-refractivity contribution in [2.24, 2.45) is 0 Å². The SMILES string of the molecule is N#C/C(=C\c1cc([N+](=O)[O-])ccc1N1CCOCC1)C(=O)Nc1ccc(Cl)cc1. The second kappa shape index (κ2) is 9.19. The second-order valence-corrected chi connectivity index (χ2v) is 6.67. The molecule has 9 heteroatoms. The average Bonchev–Trinajstić information content (AvgIpc) is 2.74.